The molecule has 0 aliphatic carbocycles. The Bertz CT molecular complexity index is 298. The van der Waals surface area contributed by atoms with Crippen LogP contribution in [0.3, 0.4) is 0 Å². The van der Waals surface area contributed by atoms with Gasteiger partial charge >= 0.3 is 12.0 Å². The highest BCUT2D eigenvalue weighted by Gasteiger charge is 2.12. The van der Waals surface area contributed by atoms with Gasteiger partial charge in [0, 0.05) is 26.6 Å². The van der Waals surface area contributed by atoms with E-state index in [0.717, 1.165) is 38.8 Å². The smallest absolute Gasteiger partial charge is 0.317 e. The van der Waals surface area contributed by atoms with E-state index in [1.54, 1.807) is 11.9 Å². The maximum atomic E-state index is 11.8. The van der Waals surface area contributed by atoms with E-state index in [9.17, 15) is 9.59 Å². The third-order valence-electron chi connectivity index (χ3n) is 3.56. The average Bonchev–Trinajstić information content (AvgIpc) is 2.44. The molecule has 0 aromatic rings. The second-order valence-electron chi connectivity index (χ2n) is 5.49. The molecule has 0 radical (unpaired) electrons. The number of carboxylic acids is 1. The minimum atomic E-state index is -0.746. The molecule has 0 aromatic carbocycles. The van der Waals surface area contributed by atoms with Crippen LogP contribution in [-0.4, -0.2) is 55.7 Å². The Morgan fingerprint density at radius 1 is 1.19 bits per heavy atom. The second-order valence-corrected chi connectivity index (χ2v) is 5.49. The Morgan fingerprint density at radius 2 is 1.90 bits per heavy atom. The van der Waals surface area contributed by atoms with Gasteiger partial charge in [0.25, 0.3) is 0 Å². The molecule has 0 aliphatic rings. The number of nitrogens with zero attached hydrogens (tertiary/aromatic N) is 1. The van der Waals surface area contributed by atoms with E-state index in [1.165, 1.54) is 0 Å². The number of urea groups is 1. The Morgan fingerprint density at radius 3 is 2.48 bits per heavy atom. The van der Waals surface area contributed by atoms with Crippen LogP contribution in [0.5, 0.6) is 0 Å². The summed E-state index contributed by atoms with van der Waals surface area (Å²) in [5.74, 6) is -0.370. The molecule has 3 N–H and O–H groups in total. The van der Waals surface area contributed by atoms with Gasteiger partial charge in [-0.15, -0.1) is 0 Å². The van der Waals surface area contributed by atoms with Crippen LogP contribution in [0.2, 0.25) is 0 Å². The highest BCUT2D eigenvalue weighted by atomic mass is 16.4. The lowest BCUT2D eigenvalue weighted by Gasteiger charge is -2.20. The van der Waals surface area contributed by atoms with Gasteiger partial charge in [-0.3, -0.25) is 4.79 Å². The first-order chi connectivity index (χ1) is 10.0. The van der Waals surface area contributed by atoms with Crippen LogP contribution in [0.1, 0.15) is 45.4 Å². The quantitative estimate of drug-likeness (QED) is 0.481. The van der Waals surface area contributed by atoms with Crippen LogP contribution in [0.25, 0.3) is 0 Å². The number of hydrogen-bond donors (Lipinski definition) is 3. The molecule has 1 unspecified atom stereocenters. The van der Waals surface area contributed by atoms with Gasteiger partial charge in [0.1, 0.15) is 0 Å². The van der Waals surface area contributed by atoms with Crippen molar-refractivity contribution >= 4 is 12.0 Å². The summed E-state index contributed by atoms with van der Waals surface area (Å²) in [6, 6.07) is -0.0559. The molecular weight excluding hydrogens is 270 g/mol. The topological polar surface area (TPSA) is 81.7 Å². The number of carbonyl (C=O) groups excluding carboxylic acids is 1. The average molecular weight is 301 g/mol. The lowest BCUT2D eigenvalue weighted by Crippen LogP contribution is -2.39. The van der Waals surface area contributed by atoms with Crippen molar-refractivity contribution in [3.8, 4) is 0 Å². The molecule has 0 aromatic heterocycles. The molecular formula is C15H31N3O3. The van der Waals surface area contributed by atoms with Crippen molar-refractivity contribution in [3.05, 3.63) is 0 Å². The number of carboxylic acid groups (broad SMARTS) is 1. The van der Waals surface area contributed by atoms with Crippen molar-refractivity contribution in [2.24, 2.45) is 5.92 Å². The molecule has 1 atom stereocenters. The first-order valence-corrected chi connectivity index (χ1v) is 7.86. The summed E-state index contributed by atoms with van der Waals surface area (Å²) in [5.41, 5.74) is 0. The monoisotopic (exact) mass is 301 g/mol. The number of rotatable bonds is 12. The molecule has 0 aliphatic heterocycles. The molecule has 21 heavy (non-hydrogen) atoms. The molecule has 124 valence electrons. The van der Waals surface area contributed by atoms with E-state index in [2.05, 4.69) is 17.6 Å². The van der Waals surface area contributed by atoms with Gasteiger partial charge < -0.3 is 20.6 Å². The Balaban J connectivity index is 3.89. The van der Waals surface area contributed by atoms with E-state index >= 15 is 0 Å². The summed E-state index contributed by atoms with van der Waals surface area (Å²) in [5, 5.41) is 14.7. The zero-order chi connectivity index (χ0) is 16.1. The maximum Gasteiger partial charge on any atom is 0.317 e. The normalized spacial score (nSPS) is 12.0. The molecule has 6 nitrogen and oxygen atoms in total. The molecule has 0 bridgehead atoms. The first-order valence-electron chi connectivity index (χ1n) is 7.86. The van der Waals surface area contributed by atoms with Crippen LogP contribution in [0.4, 0.5) is 4.79 Å². The van der Waals surface area contributed by atoms with Crippen molar-refractivity contribution < 1.29 is 14.7 Å². The third kappa shape index (κ3) is 11.1. The number of hydrogen-bond acceptors (Lipinski definition) is 3. The highest BCUT2D eigenvalue weighted by molar-refractivity contribution is 5.73. The van der Waals surface area contributed by atoms with Crippen molar-refractivity contribution in [2.75, 3.05) is 33.7 Å². The standard InChI is InChI=1S/C15H31N3O3/c1-4-6-13(7-8-14(19)20)9-11-17-15(21)18(3)12-5-10-16-2/h13,16H,4-12H2,1-3H3,(H,17,21)(H,19,20). The fourth-order valence-electron chi connectivity index (χ4n) is 2.28. The van der Waals surface area contributed by atoms with Crippen LogP contribution >= 0.6 is 0 Å². The molecule has 6 heteroatoms. The van der Waals surface area contributed by atoms with Crippen molar-refractivity contribution in [1.29, 1.82) is 0 Å². The number of nitrogens with one attached hydrogen (secondary N) is 2. The molecule has 0 saturated heterocycles. The molecule has 0 rings (SSSR count). The number of carbonyl (C=O) groups is 2. The van der Waals surface area contributed by atoms with Gasteiger partial charge in [0.2, 0.25) is 0 Å². The summed E-state index contributed by atoms with van der Waals surface area (Å²) in [6.45, 7) is 4.33. The van der Waals surface area contributed by atoms with Gasteiger partial charge in [0.05, 0.1) is 0 Å². The molecule has 0 spiro atoms. The minimum absolute atomic E-state index is 0.0559. The molecule has 0 heterocycles. The Hall–Kier alpha value is -1.30. The summed E-state index contributed by atoms with van der Waals surface area (Å²) in [4.78, 5) is 24.1. The Labute approximate surface area is 128 Å². The first kappa shape index (κ1) is 19.7. The van der Waals surface area contributed by atoms with E-state index in [0.29, 0.717) is 18.9 Å². The van der Waals surface area contributed by atoms with E-state index < -0.39 is 5.97 Å². The SMILES string of the molecule is CCCC(CCNC(=O)N(C)CCCNC)CCC(=O)O. The molecule has 0 saturated carbocycles. The predicted octanol–water partition coefficient (Wildman–Crippen LogP) is 1.91. The van der Waals surface area contributed by atoms with E-state index in [4.69, 9.17) is 5.11 Å². The minimum Gasteiger partial charge on any atom is -0.481 e. The predicted molar refractivity (Wildman–Crippen MR) is 84.5 cm³/mol. The lowest BCUT2D eigenvalue weighted by atomic mass is 9.94. The van der Waals surface area contributed by atoms with Crippen LogP contribution in [0, 0.1) is 5.92 Å². The third-order valence-corrected chi connectivity index (χ3v) is 3.56. The van der Waals surface area contributed by atoms with E-state index in [-0.39, 0.29) is 12.5 Å². The number of amides is 2. The van der Waals surface area contributed by atoms with Crippen LogP contribution in [0.15, 0.2) is 0 Å². The van der Waals surface area contributed by atoms with Gasteiger partial charge in [0.15, 0.2) is 0 Å². The van der Waals surface area contributed by atoms with Crippen LogP contribution < -0.4 is 10.6 Å². The summed E-state index contributed by atoms with van der Waals surface area (Å²) in [7, 11) is 3.68. The zero-order valence-electron chi connectivity index (χ0n) is 13.7. The second kappa shape index (κ2) is 12.4. The molecule has 2 amide bonds. The molecule has 0 fully saturated rings. The summed E-state index contributed by atoms with van der Waals surface area (Å²) < 4.78 is 0. The zero-order valence-corrected chi connectivity index (χ0v) is 13.7. The fraction of sp³-hybridized carbons (Fsp3) is 0.867. The van der Waals surface area contributed by atoms with Crippen molar-refractivity contribution in [2.45, 2.75) is 45.4 Å². The van der Waals surface area contributed by atoms with Gasteiger partial charge in [-0.05, 0) is 38.8 Å². The van der Waals surface area contributed by atoms with Crippen molar-refractivity contribution in [3.63, 3.8) is 0 Å². The largest absolute Gasteiger partial charge is 0.481 e. The summed E-state index contributed by atoms with van der Waals surface area (Å²) in [6.07, 6.45) is 4.73. The van der Waals surface area contributed by atoms with E-state index in [1.807, 2.05) is 7.05 Å². The highest BCUT2D eigenvalue weighted by Crippen LogP contribution is 2.17. The Kier molecular flexibility index (Phi) is 11.7. The van der Waals surface area contributed by atoms with Gasteiger partial charge in [-0.1, -0.05) is 19.8 Å². The summed E-state index contributed by atoms with van der Waals surface area (Å²) >= 11 is 0. The van der Waals surface area contributed by atoms with Gasteiger partial charge in [-0.25, -0.2) is 4.79 Å². The van der Waals surface area contributed by atoms with Crippen molar-refractivity contribution in [1.82, 2.24) is 15.5 Å². The maximum absolute atomic E-state index is 11.8. The fourth-order valence-corrected chi connectivity index (χ4v) is 2.28. The number of aliphatic carboxylic acids is 1. The van der Waals surface area contributed by atoms with Crippen LogP contribution in [-0.2, 0) is 4.79 Å². The lowest BCUT2D eigenvalue weighted by molar-refractivity contribution is -0.137. The van der Waals surface area contributed by atoms with Gasteiger partial charge in [-0.2, -0.15) is 0 Å².